The number of ether oxygens (including phenoxy) is 1. The van der Waals surface area contributed by atoms with E-state index in [0.717, 1.165) is 4.90 Å². The minimum absolute atomic E-state index is 0.215. The Hall–Kier alpha value is -3.07. The topological polar surface area (TPSA) is 92.1 Å². The van der Waals surface area contributed by atoms with Crippen LogP contribution < -0.4 is 19.9 Å². The summed E-state index contributed by atoms with van der Waals surface area (Å²) in [5.41, 5.74) is 0.0782. The van der Waals surface area contributed by atoms with E-state index >= 15 is 0 Å². The summed E-state index contributed by atoms with van der Waals surface area (Å²) in [5.74, 6) is -0.194. The molecule has 0 atom stereocenters. The number of amides is 4. The largest absolute Gasteiger partial charge is 0.494 e. The van der Waals surface area contributed by atoms with Gasteiger partial charge in [-0.3, -0.25) is 14.9 Å². The third kappa shape index (κ3) is 3.79. The van der Waals surface area contributed by atoms with Gasteiger partial charge in [0.2, 0.25) is 5.88 Å². The monoisotopic (exact) mass is 447 g/mol. The molecule has 146 valence electrons. The van der Waals surface area contributed by atoms with Crippen LogP contribution >= 0.6 is 15.9 Å². The molecule has 1 aromatic carbocycles. The molecular formula is C19H18BrN3O5. The van der Waals surface area contributed by atoms with Crippen LogP contribution in [-0.4, -0.2) is 38.5 Å². The van der Waals surface area contributed by atoms with Crippen molar-refractivity contribution in [1.29, 1.82) is 0 Å². The standard InChI is InChI=1S/C19H18BrN3O5/c1-4-27-12-7-5-6-11(8-12)23-17(25)14(16(24)21-19(23)26)9-13-10-15(20)18(28-13)22(2)3/h5-10H,4H2,1-3H3,(H,21,24,26)/b14-9+. The molecule has 0 radical (unpaired) electrons. The Morgan fingerprint density at radius 1 is 1.25 bits per heavy atom. The predicted octanol–water partition coefficient (Wildman–Crippen LogP) is 3.17. The molecule has 0 bridgehead atoms. The van der Waals surface area contributed by atoms with Gasteiger partial charge in [0, 0.05) is 26.2 Å². The number of anilines is 2. The van der Waals surface area contributed by atoms with Crippen molar-refractivity contribution in [2.75, 3.05) is 30.5 Å². The van der Waals surface area contributed by atoms with Crippen molar-refractivity contribution in [3.05, 3.63) is 46.1 Å². The first-order valence-electron chi connectivity index (χ1n) is 8.42. The van der Waals surface area contributed by atoms with Gasteiger partial charge in [0.15, 0.2) is 0 Å². The summed E-state index contributed by atoms with van der Waals surface area (Å²) in [7, 11) is 3.59. The summed E-state index contributed by atoms with van der Waals surface area (Å²) >= 11 is 3.36. The van der Waals surface area contributed by atoms with E-state index < -0.39 is 17.8 Å². The minimum Gasteiger partial charge on any atom is -0.494 e. The van der Waals surface area contributed by atoms with Crippen LogP contribution in [-0.2, 0) is 9.59 Å². The van der Waals surface area contributed by atoms with Gasteiger partial charge in [0.25, 0.3) is 11.8 Å². The predicted molar refractivity (Wildman–Crippen MR) is 107 cm³/mol. The lowest BCUT2D eigenvalue weighted by Gasteiger charge is -2.26. The van der Waals surface area contributed by atoms with E-state index in [-0.39, 0.29) is 5.57 Å². The Morgan fingerprint density at radius 2 is 2.00 bits per heavy atom. The second-order valence-electron chi connectivity index (χ2n) is 6.08. The fourth-order valence-corrected chi connectivity index (χ4v) is 3.33. The fourth-order valence-electron chi connectivity index (χ4n) is 2.67. The van der Waals surface area contributed by atoms with E-state index in [1.165, 1.54) is 6.08 Å². The van der Waals surface area contributed by atoms with Gasteiger partial charge in [-0.05, 0) is 41.1 Å². The average Bonchev–Trinajstić information content (AvgIpc) is 3.00. The van der Waals surface area contributed by atoms with Gasteiger partial charge in [0.05, 0.1) is 16.8 Å². The normalized spacial score (nSPS) is 15.8. The highest BCUT2D eigenvalue weighted by Crippen LogP contribution is 2.31. The van der Waals surface area contributed by atoms with Crippen LogP contribution in [0.15, 0.2) is 44.8 Å². The Morgan fingerprint density at radius 3 is 2.64 bits per heavy atom. The average molecular weight is 448 g/mol. The molecular weight excluding hydrogens is 430 g/mol. The van der Waals surface area contributed by atoms with E-state index in [2.05, 4.69) is 21.2 Å². The molecule has 2 aromatic rings. The molecule has 1 saturated heterocycles. The van der Waals surface area contributed by atoms with E-state index in [4.69, 9.17) is 9.15 Å². The van der Waals surface area contributed by atoms with Crippen molar-refractivity contribution >= 4 is 51.4 Å². The zero-order valence-corrected chi connectivity index (χ0v) is 17.1. The molecule has 1 fully saturated rings. The maximum absolute atomic E-state index is 12.9. The number of halogens is 1. The number of rotatable bonds is 5. The van der Waals surface area contributed by atoms with Crippen molar-refractivity contribution in [2.24, 2.45) is 0 Å². The van der Waals surface area contributed by atoms with Crippen molar-refractivity contribution < 1.29 is 23.5 Å². The van der Waals surface area contributed by atoms with Crippen molar-refractivity contribution in [3.63, 3.8) is 0 Å². The first-order valence-corrected chi connectivity index (χ1v) is 9.22. The molecule has 1 aromatic heterocycles. The van der Waals surface area contributed by atoms with Crippen LogP contribution in [0.3, 0.4) is 0 Å². The second-order valence-corrected chi connectivity index (χ2v) is 6.94. The van der Waals surface area contributed by atoms with E-state index in [0.29, 0.717) is 34.2 Å². The van der Waals surface area contributed by atoms with Crippen LogP contribution in [0, 0.1) is 0 Å². The van der Waals surface area contributed by atoms with Crippen LogP contribution in [0.2, 0.25) is 0 Å². The number of imide groups is 2. The Labute approximate surface area is 169 Å². The smallest absolute Gasteiger partial charge is 0.335 e. The SMILES string of the molecule is CCOc1cccc(N2C(=O)NC(=O)/C(=C\c3cc(Br)c(N(C)C)o3)C2=O)c1. The number of urea groups is 1. The molecule has 4 amide bonds. The molecule has 2 heterocycles. The van der Waals surface area contributed by atoms with Crippen LogP contribution in [0.25, 0.3) is 6.08 Å². The van der Waals surface area contributed by atoms with Gasteiger partial charge in [-0.2, -0.15) is 0 Å². The number of nitrogens with zero attached hydrogens (tertiary/aromatic N) is 2. The first kappa shape index (κ1) is 19.7. The maximum Gasteiger partial charge on any atom is 0.335 e. The summed E-state index contributed by atoms with van der Waals surface area (Å²) in [6.07, 6.45) is 1.31. The zero-order chi connectivity index (χ0) is 20.4. The molecule has 1 N–H and O–H groups in total. The summed E-state index contributed by atoms with van der Waals surface area (Å²) < 4.78 is 11.7. The van der Waals surface area contributed by atoms with E-state index in [1.54, 1.807) is 49.3 Å². The van der Waals surface area contributed by atoms with Crippen LogP contribution in [0.5, 0.6) is 5.75 Å². The molecule has 9 heteroatoms. The summed E-state index contributed by atoms with van der Waals surface area (Å²) in [5, 5.41) is 2.18. The number of nitrogens with one attached hydrogen (secondary N) is 1. The zero-order valence-electron chi connectivity index (χ0n) is 15.5. The molecule has 3 rings (SSSR count). The molecule has 0 saturated carbocycles. The molecule has 1 aliphatic rings. The number of benzene rings is 1. The quantitative estimate of drug-likeness (QED) is 0.558. The van der Waals surface area contributed by atoms with Crippen LogP contribution in [0.4, 0.5) is 16.4 Å². The number of hydrogen-bond donors (Lipinski definition) is 1. The van der Waals surface area contributed by atoms with Crippen molar-refractivity contribution in [3.8, 4) is 5.75 Å². The van der Waals surface area contributed by atoms with Crippen LogP contribution in [0.1, 0.15) is 12.7 Å². The van der Waals surface area contributed by atoms with Gasteiger partial charge in [0.1, 0.15) is 17.1 Å². The number of furan rings is 1. The highest BCUT2D eigenvalue weighted by atomic mass is 79.9. The Kier molecular flexibility index (Phi) is 5.55. The Balaban J connectivity index is 1.98. The third-order valence-electron chi connectivity index (χ3n) is 3.87. The van der Waals surface area contributed by atoms with E-state index in [9.17, 15) is 14.4 Å². The number of carbonyl (C=O) groups excluding carboxylic acids is 3. The van der Waals surface area contributed by atoms with Gasteiger partial charge < -0.3 is 14.1 Å². The summed E-state index contributed by atoms with van der Waals surface area (Å²) in [6.45, 7) is 2.27. The second kappa shape index (κ2) is 7.89. The molecule has 8 nitrogen and oxygen atoms in total. The van der Waals surface area contributed by atoms with Gasteiger partial charge in [-0.15, -0.1) is 0 Å². The molecule has 0 spiro atoms. The lowest BCUT2D eigenvalue weighted by molar-refractivity contribution is -0.122. The first-order chi connectivity index (χ1) is 13.3. The van der Waals surface area contributed by atoms with Gasteiger partial charge in [-0.25, -0.2) is 9.69 Å². The molecule has 0 aliphatic carbocycles. The molecule has 0 unspecified atom stereocenters. The minimum atomic E-state index is -0.824. The lowest BCUT2D eigenvalue weighted by Crippen LogP contribution is -2.54. The van der Waals surface area contributed by atoms with Crippen molar-refractivity contribution in [2.45, 2.75) is 6.92 Å². The van der Waals surface area contributed by atoms with E-state index in [1.807, 2.05) is 6.92 Å². The fraction of sp³-hybridized carbons (Fsp3) is 0.211. The van der Waals surface area contributed by atoms with Gasteiger partial charge in [-0.1, -0.05) is 6.07 Å². The molecule has 1 aliphatic heterocycles. The highest BCUT2D eigenvalue weighted by molar-refractivity contribution is 9.10. The Bertz CT molecular complexity index is 980. The van der Waals surface area contributed by atoms with Gasteiger partial charge >= 0.3 is 6.03 Å². The van der Waals surface area contributed by atoms with Crippen molar-refractivity contribution in [1.82, 2.24) is 5.32 Å². The third-order valence-corrected chi connectivity index (χ3v) is 4.44. The number of barbiturate groups is 1. The molecule has 28 heavy (non-hydrogen) atoms. The number of hydrogen-bond acceptors (Lipinski definition) is 6. The maximum atomic E-state index is 12.9. The highest BCUT2D eigenvalue weighted by Gasteiger charge is 2.37. The number of carbonyl (C=O) groups is 3. The summed E-state index contributed by atoms with van der Waals surface area (Å²) in [6, 6.07) is 7.33. The lowest BCUT2D eigenvalue weighted by atomic mass is 10.1. The summed E-state index contributed by atoms with van der Waals surface area (Å²) in [4.78, 5) is 40.1.